The van der Waals surface area contributed by atoms with E-state index in [2.05, 4.69) is 15.2 Å². The molecule has 0 spiro atoms. The number of hydrogen-bond donors (Lipinski definition) is 1. The SMILES string of the molecule is O=c1[nH]c2nnc(C3CCCCCC3)n2c2ccc(Cl)cc12. The summed E-state index contributed by atoms with van der Waals surface area (Å²) in [4.78, 5) is 15.0. The zero-order chi connectivity index (χ0) is 15.1. The van der Waals surface area contributed by atoms with Gasteiger partial charge in [-0.2, -0.15) is 0 Å². The Morgan fingerprint density at radius 2 is 1.91 bits per heavy atom. The number of hydrogen-bond acceptors (Lipinski definition) is 3. The minimum absolute atomic E-state index is 0.176. The van der Waals surface area contributed by atoms with Crippen molar-refractivity contribution in [3.05, 3.63) is 39.4 Å². The fraction of sp³-hybridized carbons (Fsp3) is 0.438. The molecule has 1 aromatic carbocycles. The molecule has 0 bridgehead atoms. The molecule has 0 aliphatic heterocycles. The van der Waals surface area contributed by atoms with Crippen molar-refractivity contribution in [1.29, 1.82) is 0 Å². The molecule has 6 heteroatoms. The smallest absolute Gasteiger partial charge is 0.260 e. The molecule has 4 rings (SSSR count). The van der Waals surface area contributed by atoms with Gasteiger partial charge in [-0.15, -0.1) is 10.2 Å². The van der Waals surface area contributed by atoms with Crippen molar-refractivity contribution in [1.82, 2.24) is 19.6 Å². The van der Waals surface area contributed by atoms with Crippen molar-refractivity contribution >= 4 is 28.3 Å². The highest BCUT2D eigenvalue weighted by Gasteiger charge is 2.21. The fourth-order valence-corrected chi connectivity index (χ4v) is 3.64. The number of nitrogens with one attached hydrogen (secondary N) is 1. The van der Waals surface area contributed by atoms with Gasteiger partial charge in [-0.25, -0.2) is 0 Å². The molecular formula is C16H17ClN4O. The molecular weight excluding hydrogens is 300 g/mol. The van der Waals surface area contributed by atoms with Crippen LogP contribution in [0.1, 0.15) is 50.3 Å². The molecule has 1 fully saturated rings. The molecule has 1 aliphatic carbocycles. The van der Waals surface area contributed by atoms with E-state index in [0.29, 0.717) is 22.1 Å². The lowest BCUT2D eigenvalue weighted by Gasteiger charge is -2.13. The average Bonchev–Trinajstić information content (AvgIpc) is 2.75. The lowest BCUT2D eigenvalue weighted by molar-refractivity contribution is 0.557. The van der Waals surface area contributed by atoms with Gasteiger partial charge in [0.25, 0.3) is 5.56 Å². The highest BCUT2D eigenvalue weighted by atomic mass is 35.5. The van der Waals surface area contributed by atoms with Crippen molar-refractivity contribution in [3.8, 4) is 0 Å². The molecule has 2 aromatic heterocycles. The predicted molar refractivity (Wildman–Crippen MR) is 86.6 cm³/mol. The zero-order valence-electron chi connectivity index (χ0n) is 12.2. The lowest BCUT2D eigenvalue weighted by Crippen LogP contribution is -2.12. The summed E-state index contributed by atoms with van der Waals surface area (Å²) >= 11 is 6.03. The monoisotopic (exact) mass is 316 g/mol. The van der Waals surface area contributed by atoms with Crippen LogP contribution in [0.4, 0.5) is 0 Å². The number of halogens is 1. The first-order valence-corrected chi connectivity index (χ1v) is 8.18. The summed E-state index contributed by atoms with van der Waals surface area (Å²) in [5.74, 6) is 1.88. The Kier molecular flexibility index (Phi) is 3.37. The number of rotatable bonds is 1. The molecule has 22 heavy (non-hydrogen) atoms. The number of nitrogens with zero attached hydrogens (tertiary/aromatic N) is 3. The van der Waals surface area contributed by atoms with Crippen molar-refractivity contribution in [2.24, 2.45) is 0 Å². The normalized spacial score (nSPS) is 17.1. The van der Waals surface area contributed by atoms with Crippen LogP contribution in [-0.2, 0) is 0 Å². The lowest BCUT2D eigenvalue weighted by atomic mass is 9.99. The second-order valence-corrected chi connectivity index (χ2v) is 6.46. The summed E-state index contributed by atoms with van der Waals surface area (Å²) < 4.78 is 1.99. The maximum absolute atomic E-state index is 12.2. The Bertz CT molecular complexity index is 890. The first-order valence-electron chi connectivity index (χ1n) is 7.80. The highest BCUT2D eigenvalue weighted by Crippen LogP contribution is 2.31. The maximum atomic E-state index is 12.2. The first kappa shape index (κ1) is 13.8. The Labute approximate surface area is 132 Å². The fourth-order valence-electron chi connectivity index (χ4n) is 3.47. The average molecular weight is 317 g/mol. The predicted octanol–water partition coefficient (Wildman–Crippen LogP) is 3.66. The summed E-state index contributed by atoms with van der Waals surface area (Å²) in [6.45, 7) is 0. The van der Waals surface area contributed by atoms with E-state index in [1.54, 1.807) is 12.1 Å². The number of aromatic nitrogens is 4. The van der Waals surface area contributed by atoms with E-state index in [4.69, 9.17) is 11.6 Å². The second kappa shape index (κ2) is 5.39. The molecule has 5 nitrogen and oxygen atoms in total. The van der Waals surface area contributed by atoms with Crippen LogP contribution in [0.2, 0.25) is 5.02 Å². The summed E-state index contributed by atoms with van der Waals surface area (Å²) in [7, 11) is 0. The van der Waals surface area contributed by atoms with Crippen LogP contribution in [-0.4, -0.2) is 19.6 Å². The van der Waals surface area contributed by atoms with Gasteiger partial charge >= 0.3 is 0 Å². The van der Waals surface area contributed by atoms with Gasteiger partial charge in [-0.1, -0.05) is 37.3 Å². The Balaban J connectivity index is 1.98. The van der Waals surface area contributed by atoms with Crippen LogP contribution >= 0.6 is 11.6 Å². The minimum Gasteiger partial charge on any atom is -0.290 e. The van der Waals surface area contributed by atoms with Gasteiger partial charge in [0.1, 0.15) is 5.82 Å². The third-order valence-corrected chi connectivity index (χ3v) is 4.81. The number of aromatic amines is 1. The van der Waals surface area contributed by atoms with Gasteiger partial charge in [0, 0.05) is 10.9 Å². The summed E-state index contributed by atoms with van der Waals surface area (Å²) in [6, 6.07) is 5.38. The van der Waals surface area contributed by atoms with Crippen LogP contribution in [0.3, 0.4) is 0 Å². The van der Waals surface area contributed by atoms with Crippen molar-refractivity contribution in [3.63, 3.8) is 0 Å². The van der Waals surface area contributed by atoms with Crippen LogP contribution in [0.25, 0.3) is 16.7 Å². The standard InChI is InChI=1S/C16H17ClN4O/c17-11-7-8-13-12(9-11)15(22)18-16-20-19-14(21(13)16)10-5-3-1-2-4-6-10/h7-10H,1-6H2,(H,18,20,22). The third kappa shape index (κ3) is 2.20. The molecule has 114 valence electrons. The molecule has 0 radical (unpaired) electrons. The van der Waals surface area contributed by atoms with Crippen molar-refractivity contribution < 1.29 is 0 Å². The molecule has 1 N–H and O–H groups in total. The summed E-state index contributed by atoms with van der Waals surface area (Å²) in [5, 5.41) is 9.70. The summed E-state index contributed by atoms with van der Waals surface area (Å²) in [6.07, 6.45) is 7.31. The van der Waals surface area contributed by atoms with Crippen LogP contribution in [0, 0.1) is 0 Å². The van der Waals surface area contributed by atoms with E-state index in [1.807, 2.05) is 10.5 Å². The van der Waals surface area contributed by atoms with Gasteiger partial charge in [0.15, 0.2) is 0 Å². The van der Waals surface area contributed by atoms with E-state index >= 15 is 0 Å². The molecule has 2 heterocycles. The van der Waals surface area contributed by atoms with E-state index in [1.165, 1.54) is 25.7 Å². The highest BCUT2D eigenvalue weighted by molar-refractivity contribution is 6.31. The largest absolute Gasteiger partial charge is 0.290 e. The minimum atomic E-state index is -0.176. The van der Waals surface area contributed by atoms with E-state index in [-0.39, 0.29) is 5.56 Å². The third-order valence-electron chi connectivity index (χ3n) is 4.58. The zero-order valence-corrected chi connectivity index (χ0v) is 12.9. The molecule has 3 aromatic rings. The molecule has 1 aliphatic rings. The van der Waals surface area contributed by atoms with Gasteiger partial charge < -0.3 is 0 Å². The van der Waals surface area contributed by atoms with Gasteiger partial charge in [-0.05, 0) is 31.0 Å². The van der Waals surface area contributed by atoms with Gasteiger partial charge in [0.05, 0.1) is 10.9 Å². The molecule has 0 saturated heterocycles. The van der Waals surface area contributed by atoms with Crippen molar-refractivity contribution in [2.45, 2.75) is 44.4 Å². The molecule has 1 saturated carbocycles. The van der Waals surface area contributed by atoms with Gasteiger partial charge in [0.2, 0.25) is 5.78 Å². The van der Waals surface area contributed by atoms with E-state index in [0.717, 1.165) is 24.2 Å². The Hall–Kier alpha value is -1.88. The molecule has 0 amide bonds. The quantitative estimate of drug-likeness (QED) is 0.697. The second-order valence-electron chi connectivity index (χ2n) is 6.02. The topological polar surface area (TPSA) is 63.0 Å². The number of fused-ring (bicyclic) bond motifs is 3. The summed E-state index contributed by atoms with van der Waals surface area (Å²) in [5.41, 5.74) is 0.650. The van der Waals surface area contributed by atoms with Gasteiger partial charge in [-0.3, -0.25) is 14.2 Å². The maximum Gasteiger partial charge on any atom is 0.260 e. The van der Waals surface area contributed by atoms with Crippen molar-refractivity contribution in [2.75, 3.05) is 0 Å². The number of benzene rings is 1. The van der Waals surface area contributed by atoms with Crippen LogP contribution in [0.5, 0.6) is 0 Å². The van der Waals surface area contributed by atoms with E-state index in [9.17, 15) is 4.79 Å². The molecule has 0 atom stereocenters. The number of H-pyrrole nitrogens is 1. The van der Waals surface area contributed by atoms with Crippen LogP contribution in [0.15, 0.2) is 23.0 Å². The van der Waals surface area contributed by atoms with Crippen LogP contribution < -0.4 is 5.56 Å². The van der Waals surface area contributed by atoms with E-state index < -0.39 is 0 Å². The first-order chi connectivity index (χ1) is 10.7. The Morgan fingerprint density at radius 1 is 1.14 bits per heavy atom. The Morgan fingerprint density at radius 3 is 2.68 bits per heavy atom. The molecule has 0 unspecified atom stereocenters.